The highest BCUT2D eigenvalue weighted by Crippen LogP contribution is 2.26. The summed E-state index contributed by atoms with van der Waals surface area (Å²) in [5.41, 5.74) is 6.53. The maximum Gasteiger partial charge on any atom is 0.257 e. The Morgan fingerprint density at radius 2 is 2.20 bits per heavy atom. The fraction of sp³-hybridized carbons (Fsp3) is 0.429. The van der Waals surface area contributed by atoms with Crippen LogP contribution in [0, 0.1) is 5.92 Å². The van der Waals surface area contributed by atoms with Gasteiger partial charge in [-0.25, -0.2) is 0 Å². The number of rotatable bonds is 2. The molecule has 108 valence electrons. The molecule has 3 N–H and O–H groups in total. The van der Waals surface area contributed by atoms with Gasteiger partial charge in [-0.05, 0) is 25.0 Å². The molecule has 1 heterocycles. The normalized spacial score (nSPS) is 18.7. The van der Waals surface area contributed by atoms with E-state index < -0.39 is 0 Å². The molecule has 2 amide bonds. The molecule has 0 bridgehead atoms. The number of amides is 2. The number of nitrogens with two attached hydrogens (primary N) is 1. The summed E-state index contributed by atoms with van der Waals surface area (Å²) in [5, 5.41) is 2.97. The van der Waals surface area contributed by atoms with Gasteiger partial charge in [0.05, 0.1) is 16.5 Å². The van der Waals surface area contributed by atoms with Gasteiger partial charge in [0.25, 0.3) is 5.91 Å². The molecule has 0 aliphatic carbocycles. The fourth-order valence-electron chi connectivity index (χ4n) is 2.50. The summed E-state index contributed by atoms with van der Waals surface area (Å²) in [6, 6.07) is 5.00. The molecular formula is C14H18ClN3O2. The lowest BCUT2D eigenvalue weighted by molar-refractivity contribution is -0.125. The first-order valence-corrected chi connectivity index (χ1v) is 6.97. The standard InChI is InChI=1S/C14H18ClN3O2/c1-17-13(19)9-4-3-7-18(8-9)14(20)12-10(15)5-2-6-11(12)16/h2,5-6,9H,3-4,7-8,16H2,1H3,(H,17,19). The summed E-state index contributed by atoms with van der Waals surface area (Å²) < 4.78 is 0. The molecule has 1 unspecified atom stereocenters. The molecule has 0 saturated carbocycles. The number of hydrogen-bond donors (Lipinski definition) is 2. The number of benzene rings is 1. The first kappa shape index (κ1) is 14.7. The average molecular weight is 296 g/mol. The van der Waals surface area contributed by atoms with Gasteiger partial charge in [-0.3, -0.25) is 9.59 Å². The number of nitrogens with zero attached hydrogens (tertiary/aromatic N) is 1. The summed E-state index contributed by atoms with van der Waals surface area (Å²) in [6.07, 6.45) is 1.59. The van der Waals surface area contributed by atoms with E-state index in [9.17, 15) is 9.59 Å². The molecule has 1 aliphatic rings. The SMILES string of the molecule is CNC(=O)C1CCCN(C(=O)c2c(N)cccc2Cl)C1. The predicted octanol–water partition coefficient (Wildman–Crippen LogP) is 1.52. The number of carbonyl (C=O) groups excluding carboxylic acids is 2. The molecule has 0 aromatic heterocycles. The summed E-state index contributed by atoms with van der Waals surface area (Å²) in [7, 11) is 1.61. The molecule has 1 aromatic carbocycles. The number of halogens is 1. The highest BCUT2D eigenvalue weighted by atomic mass is 35.5. The number of nitrogens with one attached hydrogen (secondary N) is 1. The summed E-state index contributed by atoms with van der Waals surface area (Å²) in [4.78, 5) is 25.9. The Hall–Kier alpha value is -1.75. The predicted molar refractivity (Wildman–Crippen MR) is 78.6 cm³/mol. The van der Waals surface area contributed by atoms with Crippen molar-refractivity contribution in [3.8, 4) is 0 Å². The van der Waals surface area contributed by atoms with Gasteiger partial charge in [-0.2, -0.15) is 0 Å². The van der Waals surface area contributed by atoms with E-state index in [0.717, 1.165) is 12.8 Å². The van der Waals surface area contributed by atoms with Crippen LogP contribution < -0.4 is 11.1 Å². The summed E-state index contributed by atoms with van der Waals surface area (Å²) in [6.45, 7) is 1.03. The summed E-state index contributed by atoms with van der Waals surface area (Å²) in [5.74, 6) is -0.405. The van der Waals surface area contributed by atoms with Gasteiger partial charge in [0.2, 0.25) is 5.91 Å². The Labute approximate surface area is 123 Å². The number of hydrogen-bond acceptors (Lipinski definition) is 3. The van der Waals surface area contributed by atoms with Crippen molar-refractivity contribution in [3.05, 3.63) is 28.8 Å². The molecule has 6 heteroatoms. The van der Waals surface area contributed by atoms with Crippen LogP contribution in [-0.2, 0) is 4.79 Å². The van der Waals surface area contributed by atoms with Gasteiger partial charge in [0, 0.05) is 25.8 Å². The number of likely N-dealkylation sites (tertiary alicyclic amines) is 1. The molecule has 1 fully saturated rings. The monoisotopic (exact) mass is 295 g/mol. The average Bonchev–Trinajstić information content (AvgIpc) is 2.46. The van der Waals surface area contributed by atoms with Crippen molar-refractivity contribution in [1.82, 2.24) is 10.2 Å². The van der Waals surface area contributed by atoms with Crippen LogP contribution >= 0.6 is 11.6 Å². The lowest BCUT2D eigenvalue weighted by Gasteiger charge is -2.32. The lowest BCUT2D eigenvalue weighted by Crippen LogP contribution is -2.45. The third kappa shape index (κ3) is 2.88. The molecule has 2 rings (SSSR count). The second-order valence-corrected chi connectivity index (χ2v) is 5.32. The Bertz CT molecular complexity index is 513. The third-order valence-electron chi connectivity index (χ3n) is 3.59. The minimum atomic E-state index is -0.207. The molecule has 1 aliphatic heterocycles. The zero-order valence-corrected chi connectivity index (χ0v) is 12.1. The Morgan fingerprint density at radius 3 is 2.85 bits per heavy atom. The zero-order chi connectivity index (χ0) is 14.7. The van der Waals surface area contributed by atoms with E-state index in [2.05, 4.69) is 5.32 Å². The number of nitrogen functional groups attached to an aromatic ring is 1. The Morgan fingerprint density at radius 1 is 1.45 bits per heavy atom. The Kier molecular flexibility index (Phi) is 4.49. The molecule has 1 aromatic rings. The van der Waals surface area contributed by atoms with Crippen molar-refractivity contribution in [1.29, 1.82) is 0 Å². The van der Waals surface area contributed by atoms with Crippen LogP contribution in [0.5, 0.6) is 0 Å². The van der Waals surface area contributed by atoms with E-state index in [1.54, 1.807) is 30.1 Å². The molecule has 1 saturated heterocycles. The molecule has 1 atom stereocenters. The van der Waals surface area contributed by atoms with Crippen LogP contribution in [0.3, 0.4) is 0 Å². The Balaban J connectivity index is 2.19. The smallest absolute Gasteiger partial charge is 0.257 e. The second-order valence-electron chi connectivity index (χ2n) is 4.91. The highest BCUT2D eigenvalue weighted by Gasteiger charge is 2.29. The highest BCUT2D eigenvalue weighted by molar-refractivity contribution is 6.34. The molecule has 0 radical (unpaired) electrons. The fourth-order valence-corrected chi connectivity index (χ4v) is 2.77. The van der Waals surface area contributed by atoms with Crippen LogP contribution in [0.25, 0.3) is 0 Å². The zero-order valence-electron chi connectivity index (χ0n) is 11.4. The van der Waals surface area contributed by atoms with Crippen LogP contribution in [-0.4, -0.2) is 36.9 Å². The van der Waals surface area contributed by atoms with E-state index in [0.29, 0.717) is 29.4 Å². The number of carbonyl (C=O) groups is 2. The van der Waals surface area contributed by atoms with Crippen molar-refractivity contribution in [3.63, 3.8) is 0 Å². The third-order valence-corrected chi connectivity index (χ3v) is 3.90. The largest absolute Gasteiger partial charge is 0.398 e. The van der Waals surface area contributed by atoms with E-state index in [-0.39, 0.29) is 17.7 Å². The molecule has 20 heavy (non-hydrogen) atoms. The second kappa shape index (κ2) is 6.13. The van der Waals surface area contributed by atoms with Crippen molar-refractivity contribution in [2.75, 3.05) is 25.9 Å². The van der Waals surface area contributed by atoms with Crippen molar-refractivity contribution < 1.29 is 9.59 Å². The first-order valence-electron chi connectivity index (χ1n) is 6.59. The van der Waals surface area contributed by atoms with Crippen LogP contribution in [0.15, 0.2) is 18.2 Å². The minimum absolute atomic E-state index is 0.0327. The van der Waals surface area contributed by atoms with E-state index >= 15 is 0 Å². The summed E-state index contributed by atoms with van der Waals surface area (Å²) >= 11 is 6.06. The minimum Gasteiger partial charge on any atom is -0.398 e. The number of piperidine rings is 1. The van der Waals surface area contributed by atoms with Crippen LogP contribution in [0.2, 0.25) is 5.02 Å². The topological polar surface area (TPSA) is 75.4 Å². The van der Waals surface area contributed by atoms with Crippen molar-refractivity contribution in [2.24, 2.45) is 5.92 Å². The van der Waals surface area contributed by atoms with Gasteiger partial charge in [0.1, 0.15) is 0 Å². The van der Waals surface area contributed by atoms with E-state index in [1.807, 2.05) is 0 Å². The van der Waals surface area contributed by atoms with Crippen molar-refractivity contribution in [2.45, 2.75) is 12.8 Å². The molecule has 5 nitrogen and oxygen atoms in total. The van der Waals surface area contributed by atoms with Gasteiger partial charge in [-0.1, -0.05) is 17.7 Å². The van der Waals surface area contributed by atoms with Crippen LogP contribution in [0.1, 0.15) is 23.2 Å². The quantitative estimate of drug-likeness (QED) is 0.812. The van der Waals surface area contributed by atoms with Gasteiger partial charge in [0.15, 0.2) is 0 Å². The van der Waals surface area contributed by atoms with Gasteiger partial charge < -0.3 is 16.0 Å². The maximum absolute atomic E-state index is 12.5. The van der Waals surface area contributed by atoms with Crippen LogP contribution in [0.4, 0.5) is 5.69 Å². The molecule has 0 spiro atoms. The first-order chi connectivity index (χ1) is 9.54. The number of anilines is 1. The van der Waals surface area contributed by atoms with E-state index in [1.165, 1.54) is 0 Å². The van der Waals surface area contributed by atoms with Gasteiger partial charge >= 0.3 is 0 Å². The maximum atomic E-state index is 12.5. The lowest BCUT2D eigenvalue weighted by atomic mass is 9.96. The van der Waals surface area contributed by atoms with E-state index in [4.69, 9.17) is 17.3 Å². The van der Waals surface area contributed by atoms with Crippen molar-refractivity contribution >= 4 is 29.1 Å². The molecular weight excluding hydrogens is 278 g/mol. The van der Waals surface area contributed by atoms with Gasteiger partial charge in [-0.15, -0.1) is 0 Å².